The number of carboxylic acids is 1. The van der Waals surface area contributed by atoms with Crippen LogP contribution in [-0.2, 0) is 11.2 Å². The molecule has 1 atom stereocenters. The number of nitrogens with zero attached hydrogens (tertiary/aromatic N) is 1. The predicted molar refractivity (Wildman–Crippen MR) is 120 cm³/mol. The molecule has 1 unspecified atom stereocenters. The molecule has 6 heteroatoms. The Morgan fingerprint density at radius 3 is 2.47 bits per heavy atom. The lowest BCUT2D eigenvalue weighted by Crippen LogP contribution is -2.09. The van der Waals surface area contributed by atoms with Gasteiger partial charge in [0.1, 0.15) is 11.6 Å². The second-order valence-electron chi connectivity index (χ2n) is 8.12. The summed E-state index contributed by atoms with van der Waals surface area (Å²) in [6, 6.07) is 18.4. The van der Waals surface area contributed by atoms with Crippen LogP contribution in [0.4, 0.5) is 4.39 Å². The van der Waals surface area contributed by atoms with Gasteiger partial charge in [-0.1, -0.05) is 18.2 Å². The zero-order valence-corrected chi connectivity index (χ0v) is 17.3. The first-order chi connectivity index (χ1) is 15.5. The highest BCUT2D eigenvalue weighted by atomic mass is 19.1. The minimum Gasteiger partial charge on any atom is -0.507 e. The van der Waals surface area contributed by atoms with Crippen molar-refractivity contribution in [2.24, 2.45) is 5.92 Å². The molecule has 0 radical (unpaired) electrons. The van der Waals surface area contributed by atoms with Gasteiger partial charge in [0.2, 0.25) is 0 Å². The highest BCUT2D eigenvalue weighted by Gasteiger charge is 2.26. The van der Waals surface area contributed by atoms with E-state index in [-0.39, 0.29) is 17.1 Å². The third-order valence-electron chi connectivity index (χ3n) is 6.08. The number of aromatic nitrogens is 1. The fourth-order valence-corrected chi connectivity index (χ4v) is 4.56. The molecule has 1 fully saturated rings. The molecule has 0 amide bonds. The van der Waals surface area contributed by atoms with Gasteiger partial charge in [-0.3, -0.25) is 0 Å². The first-order valence-electron chi connectivity index (χ1n) is 10.6. The van der Waals surface area contributed by atoms with Gasteiger partial charge in [-0.15, -0.1) is 0 Å². The molecule has 0 aliphatic carbocycles. The van der Waals surface area contributed by atoms with Crippen molar-refractivity contribution in [1.82, 2.24) is 4.57 Å². The molecule has 1 aliphatic rings. The first-order valence-corrected chi connectivity index (χ1v) is 10.6. The Kier molecular flexibility index (Phi) is 5.15. The summed E-state index contributed by atoms with van der Waals surface area (Å²) in [5, 5.41) is 20.8. The third-order valence-corrected chi connectivity index (χ3v) is 6.08. The second-order valence-corrected chi connectivity index (χ2v) is 8.12. The summed E-state index contributed by atoms with van der Waals surface area (Å²) < 4.78 is 21.3. The van der Waals surface area contributed by atoms with Crippen LogP contribution in [0.2, 0.25) is 0 Å². The third kappa shape index (κ3) is 3.52. The average Bonchev–Trinajstić information content (AvgIpc) is 3.41. The molecule has 0 spiro atoms. The fraction of sp³-hybridized carbons (Fsp3) is 0.192. The summed E-state index contributed by atoms with van der Waals surface area (Å²) in [5.74, 6) is -0.845. The van der Waals surface area contributed by atoms with Crippen LogP contribution < -0.4 is 0 Å². The standard InChI is InChI=1S/C26H22FNO4/c27-19-8-10-20(11-9-19)28-21-2-1-3-23(29)25(21)24(22(28)14-16-12-13-32-15-16)17-4-6-18(7-5-17)26(30)31/h1-11,16,29H,12-15H2,(H,30,31). The molecule has 2 heterocycles. The topological polar surface area (TPSA) is 71.7 Å². The molecule has 1 saturated heterocycles. The summed E-state index contributed by atoms with van der Waals surface area (Å²) in [4.78, 5) is 11.3. The Bertz CT molecular complexity index is 1290. The Hall–Kier alpha value is -3.64. The number of aromatic carboxylic acids is 1. The fourth-order valence-electron chi connectivity index (χ4n) is 4.56. The van der Waals surface area contributed by atoms with E-state index in [4.69, 9.17) is 4.74 Å². The molecule has 0 saturated carbocycles. The largest absolute Gasteiger partial charge is 0.507 e. The molecule has 162 valence electrons. The quantitative estimate of drug-likeness (QED) is 0.443. The van der Waals surface area contributed by atoms with Crippen LogP contribution in [0.3, 0.4) is 0 Å². The summed E-state index contributed by atoms with van der Waals surface area (Å²) in [6.45, 7) is 1.38. The zero-order chi connectivity index (χ0) is 22.2. The van der Waals surface area contributed by atoms with Crippen molar-refractivity contribution in [3.05, 3.63) is 83.8 Å². The van der Waals surface area contributed by atoms with Gasteiger partial charge in [0.15, 0.2) is 0 Å². The SMILES string of the molecule is O=C(O)c1ccc(-c2c(CC3CCOC3)n(-c3ccc(F)cc3)c3cccc(O)c23)cc1. The van der Waals surface area contributed by atoms with Crippen LogP contribution in [0, 0.1) is 11.7 Å². The van der Waals surface area contributed by atoms with Crippen molar-refractivity contribution < 1.29 is 24.1 Å². The minimum absolute atomic E-state index is 0.143. The highest BCUT2D eigenvalue weighted by molar-refractivity contribution is 6.03. The maximum Gasteiger partial charge on any atom is 0.335 e. The number of phenolic OH excluding ortho intramolecular Hbond substituents is 1. The first kappa shape index (κ1) is 20.3. The van der Waals surface area contributed by atoms with Gasteiger partial charge < -0.3 is 19.5 Å². The number of hydrogen-bond donors (Lipinski definition) is 2. The lowest BCUT2D eigenvalue weighted by atomic mass is 9.94. The minimum atomic E-state index is -0.989. The Morgan fingerprint density at radius 1 is 1.06 bits per heavy atom. The Morgan fingerprint density at radius 2 is 1.81 bits per heavy atom. The smallest absolute Gasteiger partial charge is 0.335 e. The molecule has 3 aromatic carbocycles. The van der Waals surface area contributed by atoms with Gasteiger partial charge in [0.05, 0.1) is 11.1 Å². The molecule has 2 N–H and O–H groups in total. The van der Waals surface area contributed by atoms with Gasteiger partial charge in [-0.25, -0.2) is 9.18 Å². The summed E-state index contributed by atoms with van der Waals surface area (Å²) in [5.41, 5.74) is 4.45. The predicted octanol–water partition coefficient (Wildman–Crippen LogP) is 5.42. The van der Waals surface area contributed by atoms with Crippen molar-refractivity contribution in [1.29, 1.82) is 0 Å². The van der Waals surface area contributed by atoms with E-state index in [2.05, 4.69) is 4.57 Å². The number of ether oxygens (including phenoxy) is 1. The highest BCUT2D eigenvalue weighted by Crippen LogP contribution is 2.42. The summed E-state index contributed by atoms with van der Waals surface area (Å²) >= 11 is 0. The number of carbonyl (C=O) groups is 1. The Labute approximate surface area is 184 Å². The van der Waals surface area contributed by atoms with Crippen LogP contribution in [0.15, 0.2) is 66.7 Å². The van der Waals surface area contributed by atoms with Crippen molar-refractivity contribution in [2.75, 3.05) is 13.2 Å². The molecule has 1 aliphatic heterocycles. The molecule has 0 bridgehead atoms. The van der Waals surface area contributed by atoms with Crippen LogP contribution in [-0.4, -0.2) is 34.0 Å². The number of aromatic hydroxyl groups is 1. The van der Waals surface area contributed by atoms with Gasteiger partial charge in [-0.05, 0) is 72.9 Å². The van der Waals surface area contributed by atoms with E-state index in [1.54, 1.807) is 48.5 Å². The maximum atomic E-state index is 13.7. The van der Waals surface area contributed by atoms with Crippen LogP contribution in [0.5, 0.6) is 5.75 Å². The Balaban J connectivity index is 1.80. The summed E-state index contributed by atoms with van der Waals surface area (Å²) in [7, 11) is 0. The number of hydrogen-bond acceptors (Lipinski definition) is 3. The van der Waals surface area contributed by atoms with E-state index < -0.39 is 5.97 Å². The van der Waals surface area contributed by atoms with Crippen molar-refractivity contribution >= 4 is 16.9 Å². The summed E-state index contributed by atoms with van der Waals surface area (Å²) in [6.07, 6.45) is 1.65. The van der Waals surface area contributed by atoms with Crippen molar-refractivity contribution in [3.63, 3.8) is 0 Å². The molecule has 5 rings (SSSR count). The van der Waals surface area contributed by atoms with E-state index in [1.165, 1.54) is 12.1 Å². The van der Waals surface area contributed by atoms with Crippen molar-refractivity contribution in [3.8, 4) is 22.6 Å². The lowest BCUT2D eigenvalue weighted by Gasteiger charge is -2.16. The molecule has 5 nitrogen and oxygen atoms in total. The average molecular weight is 431 g/mol. The van der Waals surface area contributed by atoms with E-state index in [0.717, 1.165) is 41.1 Å². The van der Waals surface area contributed by atoms with Gasteiger partial charge in [-0.2, -0.15) is 0 Å². The number of fused-ring (bicyclic) bond motifs is 1. The number of benzene rings is 3. The van der Waals surface area contributed by atoms with Crippen molar-refractivity contribution in [2.45, 2.75) is 12.8 Å². The van der Waals surface area contributed by atoms with E-state index in [9.17, 15) is 19.4 Å². The van der Waals surface area contributed by atoms with Gasteiger partial charge in [0, 0.05) is 35.5 Å². The van der Waals surface area contributed by atoms with Crippen LogP contribution >= 0.6 is 0 Å². The second kappa shape index (κ2) is 8.13. The maximum absolute atomic E-state index is 13.7. The normalized spacial score (nSPS) is 16.0. The lowest BCUT2D eigenvalue weighted by molar-refractivity contribution is 0.0697. The number of halogens is 1. The van der Waals surface area contributed by atoms with E-state index >= 15 is 0 Å². The van der Waals surface area contributed by atoms with Crippen LogP contribution in [0.25, 0.3) is 27.7 Å². The molecular formula is C26H22FNO4. The van der Waals surface area contributed by atoms with Crippen LogP contribution in [0.1, 0.15) is 22.5 Å². The monoisotopic (exact) mass is 431 g/mol. The number of rotatable bonds is 5. The van der Waals surface area contributed by atoms with Gasteiger partial charge in [0.25, 0.3) is 0 Å². The van der Waals surface area contributed by atoms with E-state index in [0.29, 0.717) is 24.3 Å². The molecule has 32 heavy (non-hydrogen) atoms. The number of carboxylic acid groups (broad SMARTS) is 1. The molecule has 4 aromatic rings. The number of phenols is 1. The molecule has 1 aromatic heterocycles. The molecular weight excluding hydrogens is 409 g/mol. The van der Waals surface area contributed by atoms with Gasteiger partial charge >= 0.3 is 5.97 Å². The zero-order valence-electron chi connectivity index (χ0n) is 17.3. The van der Waals surface area contributed by atoms with E-state index in [1.807, 2.05) is 6.07 Å².